The molecule has 136 valence electrons. The lowest BCUT2D eigenvalue weighted by atomic mass is 10.0. The van der Waals surface area contributed by atoms with E-state index in [2.05, 4.69) is 13.0 Å². The second-order valence-electron chi connectivity index (χ2n) is 6.87. The van der Waals surface area contributed by atoms with Crippen LogP contribution < -0.4 is 4.74 Å². The highest BCUT2D eigenvalue weighted by molar-refractivity contribution is 6.06. The molecule has 1 unspecified atom stereocenters. The lowest BCUT2D eigenvalue weighted by Gasteiger charge is -2.04. The lowest BCUT2D eigenvalue weighted by molar-refractivity contribution is 0.321. The summed E-state index contributed by atoms with van der Waals surface area (Å²) < 4.78 is 40.7. The third kappa shape index (κ3) is 2.68. The summed E-state index contributed by atoms with van der Waals surface area (Å²) in [4.78, 5) is 0. The Labute approximate surface area is 151 Å². The Bertz CT molecular complexity index is 1000. The number of furan rings is 1. The van der Waals surface area contributed by atoms with Crippen LogP contribution in [0.1, 0.15) is 45.1 Å². The molecule has 0 N–H and O–H groups in total. The average Bonchev–Trinajstić information content (AvgIpc) is 3.24. The molecule has 3 aromatic rings. The number of fused-ring (bicyclic) bond motifs is 3. The van der Waals surface area contributed by atoms with Crippen LogP contribution in [0.15, 0.2) is 34.8 Å². The largest absolute Gasteiger partial charge is 0.491 e. The first kappa shape index (κ1) is 17.1. The lowest BCUT2D eigenvalue weighted by Crippen LogP contribution is -1.94. The zero-order valence-electron chi connectivity index (χ0n) is 15.1. The second-order valence-corrected chi connectivity index (χ2v) is 6.87. The van der Waals surface area contributed by atoms with Crippen LogP contribution in [-0.4, -0.2) is 6.61 Å². The molecule has 0 bridgehead atoms. The standard InChI is InChI=1S/C22H22F2O2/c1-3-5-13-6-7-14(12-13)15-8-9-16-17-10-11-18(25-4-2)20(24)22(17)26-21(16)19(15)23/h8-13H,3-7H2,1-2H3. The quantitative estimate of drug-likeness (QED) is 0.498. The van der Waals surface area contributed by atoms with E-state index in [1.807, 2.05) is 6.07 Å². The summed E-state index contributed by atoms with van der Waals surface area (Å²) in [5, 5.41) is 1.16. The Morgan fingerprint density at radius 1 is 1.04 bits per heavy atom. The Morgan fingerprint density at radius 3 is 2.50 bits per heavy atom. The maximum absolute atomic E-state index is 15.2. The SMILES string of the molecule is CCCC1C=C(c2ccc3c(oc4c(F)c(OCC)ccc43)c2F)CC1. The van der Waals surface area contributed by atoms with Crippen LogP contribution in [0.3, 0.4) is 0 Å². The molecule has 1 heterocycles. The minimum Gasteiger partial charge on any atom is -0.491 e. The van der Waals surface area contributed by atoms with Crippen molar-refractivity contribution in [3.8, 4) is 5.75 Å². The van der Waals surface area contributed by atoms with Crippen molar-refractivity contribution in [1.82, 2.24) is 0 Å². The second kappa shape index (κ2) is 6.75. The van der Waals surface area contributed by atoms with Gasteiger partial charge in [-0.25, -0.2) is 4.39 Å². The summed E-state index contributed by atoms with van der Waals surface area (Å²) in [6.45, 7) is 4.31. The van der Waals surface area contributed by atoms with Crippen molar-refractivity contribution in [1.29, 1.82) is 0 Å². The van der Waals surface area contributed by atoms with E-state index in [9.17, 15) is 4.39 Å². The van der Waals surface area contributed by atoms with Gasteiger partial charge in [0.2, 0.25) is 5.82 Å². The van der Waals surface area contributed by atoms with Crippen molar-refractivity contribution >= 4 is 27.5 Å². The van der Waals surface area contributed by atoms with Gasteiger partial charge in [-0.3, -0.25) is 0 Å². The van der Waals surface area contributed by atoms with Crippen molar-refractivity contribution in [3.63, 3.8) is 0 Å². The summed E-state index contributed by atoms with van der Waals surface area (Å²) in [6.07, 6.45) is 6.37. The monoisotopic (exact) mass is 356 g/mol. The molecule has 2 nitrogen and oxygen atoms in total. The van der Waals surface area contributed by atoms with Crippen molar-refractivity contribution in [2.45, 2.75) is 39.5 Å². The van der Waals surface area contributed by atoms with E-state index in [0.29, 0.717) is 28.9 Å². The van der Waals surface area contributed by atoms with E-state index in [1.54, 1.807) is 25.1 Å². The number of benzene rings is 2. The van der Waals surface area contributed by atoms with Crippen LogP contribution in [0.4, 0.5) is 8.78 Å². The molecule has 4 rings (SSSR count). The fraction of sp³-hybridized carbons (Fsp3) is 0.364. The van der Waals surface area contributed by atoms with Gasteiger partial charge in [-0.15, -0.1) is 0 Å². The molecule has 0 fully saturated rings. The van der Waals surface area contributed by atoms with E-state index in [0.717, 1.165) is 31.3 Å². The number of halogens is 2. The van der Waals surface area contributed by atoms with Gasteiger partial charge in [-0.2, -0.15) is 4.39 Å². The van der Waals surface area contributed by atoms with Gasteiger partial charge in [0.25, 0.3) is 0 Å². The number of rotatable bonds is 5. The fourth-order valence-electron chi connectivity index (χ4n) is 3.95. The topological polar surface area (TPSA) is 22.4 Å². The van der Waals surface area contributed by atoms with Crippen LogP contribution in [0, 0.1) is 17.6 Å². The Hall–Kier alpha value is -2.36. The molecule has 1 atom stereocenters. The van der Waals surface area contributed by atoms with E-state index in [1.165, 1.54) is 0 Å². The van der Waals surface area contributed by atoms with E-state index >= 15 is 4.39 Å². The molecule has 1 aliphatic carbocycles. The number of hydrogen-bond donors (Lipinski definition) is 0. The predicted molar refractivity (Wildman–Crippen MR) is 100 cm³/mol. The molecule has 0 radical (unpaired) electrons. The molecule has 4 heteroatoms. The normalized spacial score (nSPS) is 17.2. The zero-order valence-corrected chi connectivity index (χ0v) is 15.1. The van der Waals surface area contributed by atoms with E-state index in [4.69, 9.17) is 9.15 Å². The van der Waals surface area contributed by atoms with Gasteiger partial charge in [0.05, 0.1) is 6.61 Å². The van der Waals surface area contributed by atoms with Crippen LogP contribution in [-0.2, 0) is 0 Å². The highest BCUT2D eigenvalue weighted by atomic mass is 19.1. The van der Waals surface area contributed by atoms with Gasteiger partial charge in [0.1, 0.15) is 0 Å². The van der Waals surface area contributed by atoms with Gasteiger partial charge in [0.15, 0.2) is 22.7 Å². The number of ether oxygens (including phenoxy) is 1. The van der Waals surface area contributed by atoms with Crippen molar-refractivity contribution < 1.29 is 17.9 Å². The maximum atomic E-state index is 15.2. The number of allylic oxidation sites excluding steroid dienone is 2. The van der Waals surface area contributed by atoms with Crippen LogP contribution >= 0.6 is 0 Å². The average molecular weight is 356 g/mol. The third-order valence-corrected chi connectivity index (χ3v) is 5.18. The minimum absolute atomic E-state index is 0.0475. The van der Waals surface area contributed by atoms with Gasteiger partial charge in [-0.05, 0) is 55.9 Å². The van der Waals surface area contributed by atoms with Gasteiger partial charge >= 0.3 is 0 Å². The highest BCUT2D eigenvalue weighted by Crippen LogP contribution is 2.40. The molecule has 26 heavy (non-hydrogen) atoms. The summed E-state index contributed by atoms with van der Waals surface area (Å²) in [5.41, 5.74) is 1.76. The molecular formula is C22H22F2O2. The van der Waals surface area contributed by atoms with Crippen LogP contribution in [0.5, 0.6) is 5.75 Å². The van der Waals surface area contributed by atoms with Crippen molar-refractivity contribution in [2.75, 3.05) is 6.61 Å². The van der Waals surface area contributed by atoms with Gasteiger partial charge in [0, 0.05) is 16.3 Å². The summed E-state index contributed by atoms with van der Waals surface area (Å²) in [7, 11) is 0. The highest BCUT2D eigenvalue weighted by Gasteiger charge is 2.23. The summed E-state index contributed by atoms with van der Waals surface area (Å²) in [5.74, 6) is -0.336. The Balaban J connectivity index is 1.84. The van der Waals surface area contributed by atoms with Crippen molar-refractivity contribution in [2.24, 2.45) is 5.92 Å². The molecule has 0 saturated heterocycles. The Morgan fingerprint density at radius 2 is 1.77 bits per heavy atom. The smallest absolute Gasteiger partial charge is 0.208 e. The van der Waals surface area contributed by atoms with Gasteiger partial charge < -0.3 is 9.15 Å². The van der Waals surface area contributed by atoms with Crippen molar-refractivity contribution in [3.05, 3.63) is 47.5 Å². The third-order valence-electron chi connectivity index (χ3n) is 5.18. The number of hydrogen-bond acceptors (Lipinski definition) is 2. The minimum atomic E-state index is -0.579. The molecule has 2 aromatic carbocycles. The molecule has 1 aromatic heterocycles. The Kier molecular flexibility index (Phi) is 4.43. The molecular weight excluding hydrogens is 334 g/mol. The predicted octanol–water partition coefficient (Wildman–Crippen LogP) is 6.86. The molecule has 0 aliphatic heterocycles. The first-order chi connectivity index (χ1) is 12.6. The fourth-order valence-corrected chi connectivity index (χ4v) is 3.95. The van der Waals surface area contributed by atoms with E-state index in [-0.39, 0.29) is 16.9 Å². The molecule has 1 aliphatic rings. The van der Waals surface area contributed by atoms with E-state index < -0.39 is 11.6 Å². The molecule has 0 spiro atoms. The summed E-state index contributed by atoms with van der Waals surface area (Å²) in [6, 6.07) is 6.91. The molecule has 0 saturated carbocycles. The zero-order chi connectivity index (χ0) is 18.3. The first-order valence-corrected chi connectivity index (χ1v) is 9.31. The summed E-state index contributed by atoms with van der Waals surface area (Å²) >= 11 is 0. The maximum Gasteiger partial charge on any atom is 0.208 e. The first-order valence-electron chi connectivity index (χ1n) is 9.31. The van der Waals surface area contributed by atoms with Crippen LogP contribution in [0.2, 0.25) is 0 Å². The van der Waals surface area contributed by atoms with Gasteiger partial charge in [-0.1, -0.05) is 25.5 Å². The van der Waals surface area contributed by atoms with Crippen LogP contribution in [0.25, 0.3) is 27.5 Å². The molecule has 0 amide bonds.